The van der Waals surface area contributed by atoms with Crippen molar-refractivity contribution in [1.29, 1.82) is 0 Å². The van der Waals surface area contributed by atoms with Gasteiger partial charge in [0.15, 0.2) is 0 Å². The fraction of sp³-hybridized carbons (Fsp3) is 0.0714. The molecule has 3 N–H and O–H groups in total. The van der Waals surface area contributed by atoms with E-state index in [4.69, 9.17) is 16.7 Å². The lowest BCUT2D eigenvalue weighted by molar-refractivity contribution is -0.136. The Morgan fingerprint density at radius 1 is 1.16 bits per heavy atom. The maximum atomic E-state index is 10.8. The first-order valence-corrected chi connectivity index (χ1v) is 5.99. The molecule has 0 radical (unpaired) electrons. The third-order valence-electron chi connectivity index (χ3n) is 2.58. The molecule has 98 valence electrons. The minimum atomic E-state index is -0.906. The maximum Gasteiger partial charge on any atom is 0.307 e. The third kappa shape index (κ3) is 3.39. The van der Waals surface area contributed by atoms with Gasteiger partial charge in [-0.1, -0.05) is 29.8 Å². The first-order valence-electron chi connectivity index (χ1n) is 5.61. The van der Waals surface area contributed by atoms with E-state index in [1.165, 1.54) is 12.1 Å². The van der Waals surface area contributed by atoms with Gasteiger partial charge in [0.25, 0.3) is 0 Å². The van der Waals surface area contributed by atoms with E-state index in [9.17, 15) is 9.90 Å². The summed E-state index contributed by atoms with van der Waals surface area (Å²) in [6.07, 6.45) is -0.0837. The Morgan fingerprint density at radius 3 is 2.63 bits per heavy atom. The van der Waals surface area contributed by atoms with E-state index in [-0.39, 0.29) is 12.2 Å². The van der Waals surface area contributed by atoms with Crippen LogP contribution in [-0.2, 0) is 11.2 Å². The van der Waals surface area contributed by atoms with Crippen LogP contribution in [0.3, 0.4) is 0 Å². The van der Waals surface area contributed by atoms with E-state index in [0.29, 0.717) is 22.0 Å². The van der Waals surface area contributed by atoms with Gasteiger partial charge < -0.3 is 15.5 Å². The Hall–Kier alpha value is -2.20. The lowest BCUT2D eigenvalue weighted by Crippen LogP contribution is -2.03. The second-order valence-electron chi connectivity index (χ2n) is 4.02. The maximum absolute atomic E-state index is 10.8. The molecule has 0 saturated carbocycles. The summed E-state index contributed by atoms with van der Waals surface area (Å²) in [5.74, 6) is -0.820. The van der Waals surface area contributed by atoms with Crippen molar-refractivity contribution in [2.24, 2.45) is 0 Å². The molecule has 0 heterocycles. The van der Waals surface area contributed by atoms with Crippen LogP contribution in [0.4, 0.5) is 11.4 Å². The summed E-state index contributed by atoms with van der Waals surface area (Å²) in [6.45, 7) is 0. The molecule has 0 fully saturated rings. The highest BCUT2D eigenvalue weighted by molar-refractivity contribution is 6.33. The van der Waals surface area contributed by atoms with Crippen LogP contribution in [0.15, 0.2) is 42.5 Å². The quantitative estimate of drug-likeness (QED) is 0.801. The van der Waals surface area contributed by atoms with E-state index in [2.05, 4.69) is 5.32 Å². The van der Waals surface area contributed by atoms with Gasteiger partial charge in [0.2, 0.25) is 0 Å². The Morgan fingerprint density at radius 2 is 1.89 bits per heavy atom. The van der Waals surface area contributed by atoms with Crippen molar-refractivity contribution >= 4 is 28.9 Å². The Bertz CT molecular complexity index is 613. The minimum absolute atomic E-state index is 0.0837. The van der Waals surface area contributed by atoms with Gasteiger partial charge in [0, 0.05) is 11.8 Å². The Balaban J connectivity index is 2.32. The number of carboxylic acids is 1. The molecule has 0 aliphatic rings. The van der Waals surface area contributed by atoms with E-state index >= 15 is 0 Å². The van der Waals surface area contributed by atoms with Gasteiger partial charge in [-0.15, -0.1) is 0 Å². The molecule has 0 saturated heterocycles. The van der Waals surface area contributed by atoms with Crippen molar-refractivity contribution in [3.05, 3.63) is 53.1 Å². The number of aromatic hydroxyl groups is 1. The molecule has 5 heteroatoms. The van der Waals surface area contributed by atoms with Crippen molar-refractivity contribution in [3.63, 3.8) is 0 Å². The molecule has 19 heavy (non-hydrogen) atoms. The van der Waals surface area contributed by atoms with Crippen LogP contribution in [0.2, 0.25) is 5.02 Å². The molecule has 0 spiro atoms. The number of rotatable bonds is 4. The minimum Gasteiger partial charge on any atom is -0.508 e. The largest absolute Gasteiger partial charge is 0.508 e. The van der Waals surface area contributed by atoms with Gasteiger partial charge in [-0.25, -0.2) is 0 Å². The molecule has 2 aromatic rings. The summed E-state index contributed by atoms with van der Waals surface area (Å²) in [4.78, 5) is 10.8. The van der Waals surface area contributed by atoms with Crippen LogP contribution in [0.5, 0.6) is 5.75 Å². The van der Waals surface area contributed by atoms with Crippen LogP contribution in [0.1, 0.15) is 5.56 Å². The average Bonchev–Trinajstić information content (AvgIpc) is 2.35. The molecule has 0 atom stereocenters. The van der Waals surface area contributed by atoms with Gasteiger partial charge >= 0.3 is 5.97 Å². The molecule has 2 rings (SSSR count). The van der Waals surface area contributed by atoms with Crippen molar-refractivity contribution in [3.8, 4) is 5.75 Å². The zero-order chi connectivity index (χ0) is 13.8. The van der Waals surface area contributed by atoms with Crippen molar-refractivity contribution in [2.45, 2.75) is 6.42 Å². The van der Waals surface area contributed by atoms with E-state index < -0.39 is 5.97 Å². The number of phenolic OH excluding ortho intramolecular Hbond substituents is 1. The molecule has 0 unspecified atom stereocenters. The molecule has 2 aromatic carbocycles. The fourth-order valence-electron chi connectivity index (χ4n) is 1.71. The summed E-state index contributed by atoms with van der Waals surface area (Å²) >= 11 is 6.01. The number of anilines is 2. The molecule has 0 aromatic heterocycles. The second-order valence-corrected chi connectivity index (χ2v) is 4.42. The number of phenols is 1. The summed E-state index contributed by atoms with van der Waals surface area (Å²) in [7, 11) is 0. The number of carboxylic acid groups (broad SMARTS) is 1. The molecule has 4 nitrogen and oxygen atoms in total. The number of nitrogens with one attached hydrogen (secondary N) is 1. The van der Waals surface area contributed by atoms with Gasteiger partial charge in [0.05, 0.1) is 17.1 Å². The van der Waals surface area contributed by atoms with E-state index in [0.717, 1.165) is 0 Å². The van der Waals surface area contributed by atoms with Gasteiger partial charge in [-0.2, -0.15) is 0 Å². The topological polar surface area (TPSA) is 69.6 Å². The highest BCUT2D eigenvalue weighted by Gasteiger charge is 2.08. The predicted octanol–water partition coefficient (Wildman–Crippen LogP) is 3.42. The third-order valence-corrected chi connectivity index (χ3v) is 2.91. The number of carbonyl (C=O) groups is 1. The van der Waals surface area contributed by atoms with Crippen LogP contribution in [0.25, 0.3) is 0 Å². The highest BCUT2D eigenvalue weighted by Crippen LogP contribution is 2.30. The second kappa shape index (κ2) is 5.63. The summed E-state index contributed by atoms with van der Waals surface area (Å²) < 4.78 is 0. The number of hydrogen-bond acceptors (Lipinski definition) is 3. The number of benzene rings is 2. The van der Waals surface area contributed by atoms with E-state index in [1.807, 2.05) is 0 Å². The van der Waals surface area contributed by atoms with Crippen LogP contribution < -0.4 is 5.32 Å². The lowest BCUT2D eigenvalue weighted by Gasteiger charge is -2.12. The lowest BCUT2D eigenvalue weighted by atomic mass is 10.1. The van der Waals surface area contributed by atoms with E-state index in [1.54, 1.807) is 30.3 Å². The smallest absolute Gasteiger partial charge is 0.307 e. The van der Waals surface area contributed by atoms with Crippen LogP contribution >= 0.6 is 11.6 Å². The van der Waals surface area contributed by atoms with Gasteiger partial charge in [-0.3, -0.25) is 4.79 Å². The van der Waals surface area contributed by atoms with Gasteiger partial charge in [0.1, 0.15) is 5.75 Å². The normalized spacial score (nSPS) is 10.2. The van der Waals surface area contributed by atoms with Gasteiger partial charge in [-0.05, 0) is 23.8 Å². The van der Waals surface area contributed by atoms with Crippen molar-refractivity contribution in [2.75, 3.05) is 5.32 Å². The number of halogens is 1. The first kappa shape index (κ1) is 13.2. The average molecular weight is 278 g/mol. The fourth-order valence-corrected chi connectivity index (χ4v) is 1.88. The molecular weight excluding hydrogens is 266 g/mol. The SMILES string of the molecule is O=C(O)Cc1ccccc1Nc1cc(O)ccc1Cl. The molecule has 0 amide bonds. The Kier molecular flexibility index (Phi) is 3.92. The first-order chi connectivity index (χ1) is 9.06. The zero-order valence-electron chi connectivity index (χ0n) is 9.93. The monoisotopic (exact) mass is 277 g/mol. The van der Waals surface area contributed by atoms with Crippen LogP contribution in [0, 0.1) is 0 Å². The van der Waals surface area contributed by atoms with Crippen LogP contribution in [-0.4, -0.2) is 16.2 Å². The predicted molar refractivity (Wildman–Crippen MR) is 74.2 cm³/mol. The molecule has 0 aliphatic heterocycles. The number of hydrogen-bond donors (Lipinski definition) is 3. The summed E-state index contributed by atoms with van der Waals surface area (Å²) in [5, 5.41) is 21.8. The number of para-hydroxylation sites is 1. The molecule has 0 bridgehead atoms. The molecular formula is C14H12ClNO3. The van der Waals surface area contributed by atoms with Crippen molar-refractivity contribution < 1.29 is 15.0 Å². The Labute approximate surface area is 115 Å². The highest BCUT2D eigenvalue weighted by atomic mass is 35.5. The summed E-state index contributed by atoms with van der Waals surface area (Å²) in [5.41, 5.74) is 1.83. The van der Waals surface area contributed by atoms with Crippen molar-refractivity contribution in [1.82, 2.24) is 0 Å². The number of aliphatic carboxylic acids is 1. The standard InChI is InChI=1S/C14H12ClNO3/c15-11-6-5-10(17)8-13(11)16-12-4-2-1-3-9(12)7-14(18)19/h1-6,8,16-17H,7H2,(H,18,19). The zero-order valence-corrected chi connectivity index (χ0v) is 10.7. The molecule has 0 aliphatic carbocycles. The summed E-state index contributed by atoms with van der Waals surface area (Å²) in [6, 6.07) is 11.6.